The first-order valence-corrected chi connectivity index (χ1v) is 8.87. The van der Waals surface area contributed by atoms with Crippen molar-refractivity contribution in [2.45, 2.75) is 13.0 Å². The van der Waals surface area contributed by atoms with Gasteiger partial charge in [0, 0.05) is 24.8 Å². The van der Waals surface area contributed by atoms with E-state index in [4.69, 9.17) is 20.7 Å². The van der Waals surface area contributed by atoms with Gasteiger partial charge in [0.15, 0.2) is 5.76 Å². The van der Waals surface area contributed by atoms with Gasteiger partial charge in [-0.2, -0.15) is 0 Å². The van der Waals surface area contributed by atoms with Crippen molar-refractivity contribution in [3.8, 4) is 17.1 Å². The quantitative estimate of drug-likeness (QED) is 0.516. The zero-order chi connectivity index (χ0) is 20.2. The van der Waals surface area contributed by atoms with E-state index in [0.717, 1.165) is 5.69 Å². The van der Waals surface area contributed by atoms with E-state index in [1.54, 1.807) is 36.5 Å². The van der Waals surface area contributed by atoms with Gasteiger partial charge in [-0.05, 0) is 35.9 Å². The minimum absolute atomic E-state index is 0.244. The smallest absolute Gasteiger partial charge is 0.170 e. The summed E-state index contributed by atoms with van der Waals surface area (Å²) in [7, 11) is 0. The van der Waals surface area contributed by atoms with E-state index in [1.807, 2.05) is 18.2 Å². The molecule has 0 saturated carbocycles. The molecule has 4 aromatic rings. The Morgan fingerprint density at radius 1 is 1.00 bits per heavy atom. The summed E-state index contributed by atoms with van der Waals surface area (Å²) in [5, 5.41) is 4.00. The average molecular weight is 391 g/mol. The summed E-state index contributed by atoms with van der Waals surface area (Å²) >= 11 is 0. The molecule has 3 heterocycles. The first kappa shape index (κ1) is 18.4. The fourth-order valence-electron chi connectivity index (χ4n) is 2.82. The van der Waals surface area contributed by atoms with E-state index < -0.39 is 0 Å². The van der Waals surface area contributed by atoms with E-state index in [9.17, 15) is 4.39 Å². The SMILES string of the molecule is Nc1ccc(-c2cc(Cc3ccc(OCc4ccccn4)cc3F)no2)c(N)n1. The summed E-state index contributed by atoms with van der Waals surface area (Å²) in [6.45, 7) is 0.267. The number of benzene rings is 1. The number of nitrogens with zero attached hydrogens (tertiary/aromatic N) is 3. The predicted molar refractivity (Wildman–Crippen MR) is 106 cm³/mol. The number of hydrogen-bond acceptors (Lipinski definition) is 7. The molecule has 4 N–H and O–H groups in total. The van der Waals surface area contributed by atoms with Gasteiger partial charge < -0.3 is 20.7 Å². The molecule has 0 saturated heterocycles. The van der Waals surface area contributed by atoms with Crippen LogP contribution in [0.25, 0.3) is 11.3 Å². The molecular weight excluding hydrogens is 373 g/mol. The van der Waals surface area contributed by atoms with Gasteiger partial charge >= 0.3 is 0 Å². The Hall–Kier alpha value is -3.94. The van der Waals surface area contributed by atoms with Crippen LogP contribution in [0.5, 0.6) is 5.75 Å². The number of halogens is 1. The Morgan fingerprint density at radius 3 is 2.66 bits per heavy atom. The lowest BCUT2D eigenvalue weighted by atomic mass is 10.1. The number of nitrogens with two attached hydrogens (primary N) is 2. The largest absolute Gasteiger partial charge is 0.487 e. The zero-order valence-electron chi connectivity index (χ0n) is 15.4. The first-order valence-electron chi connectivity index (χ1n) is 8.87. The third-order valence-electron chi connectivity index (χ3n) is 4.28. The first-order chi connectivity index (χ1) is 14.1. The molecule has 4 rings (SSSR count). The Balaban J connectivity index is 1.45. The standard InChI is InChI=1S/C21H18FN5O2/c22-18-11-16(28-12-14-3-1-2-8-25-14)5-4-13(18)9-15-10-19(29-27-15)17-6-7-20(23)26-21(17)24/h1-8,10-11H,9,12H2,(H4,23,24,26). The topological polar surface area (TPSA) is 113 Å². The third kappa shape index (κ3) is 4.32. The summed E-state index contributed by atoms with van der Waals surface area (Å²) in [6.07, 6.45) is 1.95. The number of nitrogen functional groups attached to an aromatic ring is 2. The van der Waals surface area contributed by atoms with Gasteiger partial charge in [0.1, 0.15) is 29.8 Å². The molecule has 0 spiro atoms. The van der Waals surface area contributed by atoms with Crippen molar-refractivity contribution in [2.75, 3.05) is 11.5 Å². The van der Waals surface area contributed by atoms with Crippen LogP contribution < -0.4 is 16.2 Å². The normalized spacial score (nSPS) is 10.8. The molecule has 0 fully saturated rings. The van der Waals surface area contributed by atoms with E-state index in [-0.39, 0.29) is 24.7 Å². The van der Waals surface area contributed by atoms with Crippen LogP contribution in [0.15, 0.2) is 65.3 Å². The molecule has 29 heavy (non-hydrogen) atoms. The molecule has 3 aromatic heterocycles. The molecule has 146 valence electrons. The number of hydrogen-bond donors (Lipinski definition) is 2. The number of anilines is 2. The maximum absolute atomic E-state index is 14.5. The van der Waals surface area contributed by atoms with E-state index in [2.05, 4.69) is 15.1 Å². The van der Waals surface area contributed by atoms with Gasteiger partial charge in [0.2, 0.25) is 0 Å². The van der Waals surface area contributed by atoms with Crippen LogP contribution in [-0.4, -0.2) is 15.1 Å². The minimum atomic E-state index is -0.387. The molecule has 8 heteroatoms. The number of pyridine rings is 2. The Kier molecular flexibility index (Phi) is 5.07. The van der Waals surface area contributed by atoms with Crippen molar-refractivity contribution in [3.63, 3.8) is 0 Å². The Labute approximate surface area is 166 Å². The molecule has 7 nitrogen and oxygen atoms in total. The van der Waals surface area contributed by atoms with Crippen molar-refractivity contribution in [1.82, 2.24) is 15.1 Å². The van der Waals surface area contributed by atoms with Crippen LogP contribution in [0.3, 0.4) is 0 Å². The second kappa shape index (κ2) is 7.97. The molecule has 1 aromatic carbocycles. The summed E-state index contributed by atoms with van der Waals surface area (Å²) in [4.78, 5) is 8.17. The highest BCUT2D eigenvalue weighted by atomic mass is 19.1. The lowest BCUT2D eigenvalue weighted by Crippen LogP contribution is -1.99. The average Bonchev–Trinajstić information content (AvgIpc) is 3.17. The van der Waals surface area contributed by atoms with Crippen molar-refractivity contribution in [1.29, 1.82) is 0 Å². The molecule has 0 amide bonds. The van der Waals surface area contributed by atoms with Crippen LogP contribution in [-0.2, 0) is 13.0 Å². The number of ether oxygens (including phenoxy) is 1. The van der Waals surface area contributed by atoms with Gasteiger partial charge in [0.05, 0.1) is 17.0 Å². The van der Waals surface area contributed by atoms with Crippen molar-refractivity contribution in [3.05, 3.63) is 83.6 Å². The summed E-state index contributed by atoms with van der Waals surface area (Å²) in [5.41, 5.74) is 13.9. The van der Waals surface area contributed by atoms with Crippen LogP contribution in [0.2, 0.25) is 0 Å². The molecular formula is C21H18FN5O2. The highest BCUT2D eigenvalue weighted by Gasteiger charge is 2.13. The van der Waals surface area contributed by atoms with Crippen LogP contribution >= 0.6 is 0 Å². The monoisotopic (exact) mass is 391 g/mol. The summed E-state index contributed by atoms with van der Waals surface area (Å²) < 4.78 is 25.4. The summed E-state index contributed by atoms with van der Waals surface area (Å²) in [6, 6.07) is 15.3. The van der Waals surface area contributed by atoms with Crippen LogP contribution in [0, 0.1) is 5.82 Å². The predicted octanol–water partition coefficient (Wildman–Crippen LogP) is 3.60. The lowest BCUT2D eigenvalue weighted by molar-refractivity contribution is 0.299. The fraction of sp³-hybridized carbons (Fsp3) is 0.0952. The minimum Gasteiger partial charge on any atom is -0.487 e. The molecule has 0 aliphatic rings. The number of rotatable bonds is 6. The highest BCUT2D eigenvalue weighted by molar-refractivity contribution is 5.71. The van der Waals surface area contributed by atoms with Gasteiger partial charge in [-0.1, -0.05) is 17.3 Å². The second-order valence-corrected chi connectivity index (χ2v) is 6.39. The van der Waals surface area contributed by atoms with E-state index in [0.29, 0.717) is 34.1 Å². The van der Waals surface area contributed by atoms with Crippen LogP contribution in [0.1, 0.15) is 17.0 Å². The van der Waals surface area contributed by atoms with Crippen LogP contribution in [0.4, 0.5) is 16.0 Å². The molecule has 0 radical (unpaired) electrons. The Morgan fingerprint density at radius 2 is 1.90 bits per heavy atom. The summed E-state index contributed by atoms with van der Waals surface area (Å²) in [5.74, 6) is 1.05. The second-order valence-electron chi connectivity index (χ2n) is 6.39. The Bertz CT molecular complexity index is 1130. The molecule has 0 unspecified atom stereocenters. The highest BCUT2D eigenvalue weighted by Crippen LogP contribution is 2.27. The van der Waals surface area contributed by atoms with Crippen molar-refractivity contribution in [2.24, 2.45) is 0 Å². The van der Waals surface area contributed by atoms with E-state index in [1.165, 1.54) is 6.07 Å². The van der Waals surface area contributed by atoms with Gasteiger partial charge in [0.25, 0.3) is 0 Å². The lowest BCUT2D eigenvalue weighted by Gasteiger charge is -2.07. The maximum atomic E-state index is 14.5. The van der Waals surface area contributed by atoms with Gasteiger partial charge in [-0.3, -0.25) is 4.98 Å². The zero-order valence-corrected chi connectivity index (χ0v) is 15.4. The van der Waals surface area contributed by atoms with Gasteiger partial charge in [-0.15, -0.1) is 0 Å². The van der Waals surface area contributed by atoms with Gasteiger partial charge in [-0.25, -0.2) is 9.37 Å². The van der Waals surface area contributed by atoms with Crippen molar-refractivity contribution >= 4 is 11.6 Å². The molecule has 0 bridgehead atoms. The van der Waals surface area contributed by atoms with E-state index >= 15 is 0 Å². The maximum Gasteiger partial charge on any atom is 0.170 e. The number of aromatic nitrogens is 3. The molecule has 0 aliphatic carbocycles. The fourth-order valence-corrected chi connectivity index (χ4v) is 2.82. The van der Waals surface area contributed by atoms with Crippen molar-refractivity contribution < 1.29 is 13.7 Å². The molecule has 0 aliphatic heterocycles. The molecule has 0 atom stereocenters. The third-order valence-corrected chi connectivity index (χ3v) is 4.28.